The number of benzene rings is 1. The van der Waals surface area contributed by atoms with Gasteiger partial charge in [0.05, 0.1) is 0 Å². The third-order valence-electron chi connectivity index (χ3n) is 5.17. The van der Waals surface area contributed by atoms with Crippen LogP contribution in [-0.4, -0.2) is 37.9 Å². The van der Waals surface area contributed by atoms with Crippen LogP contribution >= 0.6 is 0 Å². The maximum absolute atomic E-state index is 12.5. The Morgan fingerprint density at radius 2 is 2.08 bits per heavy atom. The number of aromatic nitrogens is 3. The first-order valence-corrected chi connectivity index (χ1v) is 8.96. The van der Waals surface area contributed by atoms with Crippen molar-refractivity contribution in [1.82, 2.24) is 20.1 Å². The molecular formula is C19H26N4O2. The second kappa shape index (κ2) is 7.35. The zero-order chi connectivity index (χ0) is 17.9. The van der Waals surface area contributed by atoms with Crippen molar-refractivity contribution < 1.29 is 9.90 Å². The summed E-state index contributed by atoms with van der Waals surface area (Å²) in [6, 6.07) is 9.59. The molecule has 2 N–H and O–H groups in total. The molecule has 25 heavy (non-hydrogen) atoms. The summed E-state index contributed by atoms with van der Waals surface area (Å²) in [5, 5.41) is 22.0. The van der Waals surface area contributed by atoms with Crippen LogP contribution in [0.3, 0.4) is 0 Å². The SMILES string of the molecule is C[C@H](c1ccccc1)[C@@](C)(O)C(=O)NCCc1nnc2n1CCCC2. The van der Waals surface area contributed by atoms with Gasteiger partial charge in [-0.15, -0.1) is 10.2 Å². The van der Waals surface area contributed by atoms with Gasteiger partial charge in [-0.25, -0.2) is 0 Å². The highest BCUT2D eigenvalue weighted by Crippen LogP contribution is 2.27. The lowest BCUT2D eigenvalue weighted by molar-refractivity contribution is -0.139. The van der Waals surface area contributed by atoms with Crippen LogP contribution in [0.15, 0.2) is 30.3 Å². The molecular weight excluding hydrogens is 316 g/mol. The highest BCUT2D eigenvalue weighted by molar-refractivity contribution is 5.85. The molecule has 0 saturated heterocycles. The fourth-order valence-corrected chi connectivity index (χ4v) is 3.28. The number of hydrogen-bond acceptors (Lipinski definition) is 4. The van der Waals surface area contributed by atoms with E-state index >= 15 is 0 Å². The van der Waals surface area contributed by atoms with Crippen LogP contribution in [0.5, 0.6) is 0 Å². The molecule has 0 fully saturated rings. The molecule has 0 aliphatic carbocycles. The number of aliphatic hydroxyl groups is 1. The maximum atomic E-state index is 12.5. The van der Waals surface area contributed by atoms with Crippen LogP contribution < -0.4 is 5.32 Å². The Balaban J connectivity index is 1.57. The standard InChI is InChI=1S/C19H26N4O2/c1-14(15-8-4-3-5-9-15)19(2,25)18(24)20-12-11-17-22-21-16-10-6-7-13-23(16)17/h3-5,8-9,14,25H,6-7,10-13H2,1-2H3,(H,20,24)/t14-,19-/m1/s1. The van der Waals surface area contributed by atoms with Gasteiger partial charge in [0.2, 0.25) is 0 Å². The Morgan fingerprint density at radius 1 is 1.32 bits per heavy atom. The van der Waals surface area contributed by atoms with Gasteiger partial charge >= 0.3 is 0 Å². The Kier molecular flexibility index (Phi) is 5.18. The summed E-state index contributed by atoms with van der Waals surface area (Å²) in [6.45, 7) is 4.83. The lowest BCUT2D eigenvalue weighted by Gasteiger charge is -2.29. The van der Waals surface area contributed by atoms with E-state index in [0.717, 1.165) is 43.0 Å². The molecule has 2 heterocycles. The van der Waals surface area contributed by atoms with Crippen LogP contribution in [0.1, 0.15) is 49.8 Å². The van der Waals surface area contributed by atoms with Crippen molar-refractivity contribution in [3.8, 4) is 0 Å². The molecule has 3 rings (SSSR count). The minimum absolute atomic E-state index is 0.297. The molecule has 6 nitrogen and oxygen atoms in total. The second-order valence-electron chi connectivity index (χ2n) is 6.93. The van der Waals surface area contributed by atoms with Crippen LogP contribution in [0.25, 0.3) is 0 Å². The Labute approximate surface area is 148 Å². The number of fused-ring (bicyclic) bond motifs is 1. The first-order chi connectivity index (χ1) is 12.0. The molecule has 0 radical (unpaired) electrons. The van der Waals surface area contributed by atoms with Crippen LogP contribution in [0.4, 0.5) is 0 Å². The summed E-state index contributed by atoms with van der Waals surface area (Å²) < 4.78 is 2.15. The predicted molar refractivity (Wildman–Crippen MR) is 95.2 cm³/mol. The van der Waals surface area contributed by atoms with Crippen molar-refractivity contribution in [1.29, 1.82) is 0 Å². The fraction of sp³-hybridized carbons (Fsp3) is 0.526. The van der Waals surface area contributed by atoms with Crippen molar-refractivity contribution in [3.05, 3.63) is 47.5 Å². The smallest absolute Gasteiger partial charge is 0.252 e. The first kappa shape index (κ1) is 17.6. The summed E-state index contributed by atoms with van der Waals surface area (Å²) in [4.78, 5) is 12.5. The van der Waals surface area contributed by atoms with Crippen molar-refractivity contribution in [3.63, 3.8) is 0 Å². The van der Waals surface area contributed by atoms with Crippen molar-refractivity contribution in [2.75, 3.05) is 6.54 Å². The zero-order valence-corrected chi connectivity index (χ0v) is 14.9. The molecule has 1 aromatic carbocycles. The minimum atomic E-state index is -1.47. The summed E-state index contributed by atoms with van der Waals surface area (Å²) in [6.07, 6.45) is 3.90. The van der Waals surface area contributed by atoms with E-state index in [4.69, 9.17) is 0 Å². The van der Waals surface area contributed by atoms with E-state index in [2.05, 4.69) is 20.1 Å². The second-order valence-corrected chi connectivity index (χ2v) is 6.93. The van der Waals surface area contributed by atoms with Gasteiger partial charge in [-0.1, -0.05) is 37.3 Å². The van der Waals surface area contributed by atoms with E-state index in [1.807, 2.05) is 37.3 Å². The molecule has 0 unspecified atom stereocenters. The van der Waals surface area contributed by atoms with E-state index in [1.165, 1.54) is 0 Å². The Morgan fingerprint density at radius 3 is 2.84 bits per heavy atom. The van der Waals surface area contributed by atoms with Gasteiger partial charge < -0.3 is 15.0 Å². The number of amides is 1. The minimum Gasteiger partial charge on any atom is -0.380 e. The van der Waals surface area contributed by atoms with Gasteiger partial charge in [-0.3, -0.25) is 4.79 Å². The summed E-state index contributed by atoms with van der Waals surface area (Å²) >= 11 is 0. The van der Waals surface area contributed by atoms with E-state index in [9.17, 15) is 9.90 Å². The lowest BCUT2D eigenvalue weighted by atomic mass is 9.84. The molecule has 2 aromatic rings. The number of nitrogens with one attached hydrogen (secondary N) is 1. The van der Waals surface area contributed by atoms with Gasteiger partial charge in [-0.2, -0.15) is 0 Å². The molecule has 0 spiro atoms. The molecule has 1 aliphatic rings. The van der Waals surface area contributed by atoms with Crippen molar-refractivity contribution >= 4 is 5.91 Å². The lowest BCUT2D eigenvalue weighted by Crippen LogP contribution is -2.48. The maximum Gasteiger partial charge on any atom is 0.252 e. The van der Waals surface area contributed by atoms with Gasteiger partial charge in [0.15, 0.2) is 0 Å². The number of carbonyl (C=O) groups excluding carboxylic acids is 1. The van der Waals surface area contributed by atoms with E-state index in [1.54, 1.807) is 6.92 Å². The first-order valence-electron chi connectivity index (χ1n) is 8.96. The molecule has 134 valence electrons. The van der Waals surface area contributed by atoms with E-state index in [0.29, 0.717) is 13.0 Å². The average Bonchev–Trinajstić information content (AvgIpc) is 3.05. The highest BCUT2D eigenvalue weighted by atomic mass is 16.3. The number of hydrogen-bond donors (Lipinski definition) is 2. The van der Waals surface area contributed by atoms with Crippen molar-refractivity contribution in [2.24, 2.45) is 0 Å². The zero-order valence-electron chi connectivity index (χ0n) is 14.9. The fourth-order valence-electron chi connectivity index (χ4n) is 3.28. The number of aryl methyl sites for hydroxylation is 1. The summed E-state index contributed by atoms with van der Waals surface area (Å²) in [5.74, 6) is 1.29. The Hall–Kier alpha value is -2.21. The number of carbonyl (C=O) groups is 1. The summed E-state index contributed by atoms with van der Waals surface area (Å²) in [5.41, 5.74) is -0.528. The highest BCUT2D eigenvalue weighted by Gasteiger charge is 2.37. The third kappa shape index (κ3) is 3.74. The monoisotopic (exact) mass is 342 g/mol. The molecule has 1 aliphatic heterocycles. The van der Waals surface area contributed by atoms with E-state index in [-0.39, 0.29) is 11.8 Å². The predicted octanol–water partition coefficient (Wildman–Crippen LogP) is 1.83. The van der Waals surface area contributed by atoms with Gasteiger partial charge in [-0.05, 0) is 25.3 Å². The van der Waals surface area contributed by atoms with Crippen LogP contribution in [0, 0.1) is 0 Å². The number of rotatable bonds is 6. The third-order valence-corrected chi connectivity index (χ3v) is 5.17. The largest absolute Gasteiger partial charge is 0.380 e. The summed E-state index contributed by atoms with van der Waals surface area (Å²) in [7, 11) is 0. The molecule has 1 aromatic heterocycles. The average molecular weight is 342 g/mol. The van der Waals surface area contributed by atoms with Crippen molar-refractivity contribution in [2.45, 2.75) is 57.6 Å². The molecule has 0 saturated carbocycles. The number of nitrogens with zero attached hydrogens (tertiary/aromatic N) is 3. The topological polar surface area (TPSA) is 80.0 Å². The quantitative estimate of drug-likeness (QED) is 0.839. The van der Waals surface area contributed by atoms with E-state index < -0.39 is 5.60 Å². The molecule has 0 bridgehead atoms. The van der Waals surface area contributed by atoms with Crippen LogP contribution in [-0.2, 0) is 24.2 Å². The normalized spacial score (nSPS) is 17.4. The molecule has 2 atom stereocenters. The van der Waals surface area contributed by atoms with Crippen LogP contribution in [0.2, 0.25) is 0 Å². The van der Waals surface area contributed by atoms with Gasteiger partial charge in [0.1, 0.15) is 17.2 Å². The molecule has 1 amide bonds. The van der Waals surface area contributed by atoms with Gasteiger partial charge in [0, 0.05) is 31.8 Å². The Bertz CT molecular complexity index is 724. The molecule has 6 heteroatoms. The van der Waals surface area contributed by atoms with Gasteiger partial charge in [0.25, 0.3) is 5.91 Å².